The number of para-hydroxylation sites is 1. The number of carbonyl (C=O) groups is 1. The quantitative estimate of drug-likeness (QED) is 0.712. The number of amides is 1. The molecule has 2 aliphatic rings. The van der Waals surface area contributed by atoms with Crippen LogP contribution in [0.4, 0.5) is 5.69 Å². The van der Waals surface area contributed by atoms with Crippen LogP contribution in [-0.2, 0) is 11.2 Å². The third kappa shape index (κ3) is 3.50. The van der Waals surface area contributed by atoms with Crippen LogP contribution in [0.5, 0.6) is 11.5 Å². The lowest BCUT2D eigenvalue weighted by Crippen LogP contribution is -2.17. The fourth-order valence-electron chi connectivity index (χ4n) is 4.24. The molecule has 7 nitrogen and oxygen atoms in total. The van der Waals surface area contributed by atoms with E-state index in [1.807, 2.05) is 34.9 Å². The number of carbonyl (C=O) groups excluding carboxylic acids is 1. The number of fused-ring (bicyclic) bond motifs is 2. The van der Waals surface area contributed by atoms with Crippen molar-refractivity contribution in [2.24, 2.45) is 0 Å². The van der Waals surface area contributed by atoms with Gasteiger partial charge in [0.2, 0.25) is 0 Å². The van der Waals surface area contributed by atoms with Gasteiger partial charge in [-0.1, -0.05) is 12.1 Å². The Morgan fingerprint density at radius 1 is 1.23 bits per heavy atom. The van der Waals surface area contributed by atoms with E-state index in [4.69, 9.17) is 19.2 Å². The Labute approximate surface area is 175 Å². The number of hydrogen-bond donors (Lipinski definition) is 1. The lowest BCUT2D eigenvalue weighted by atomic mass is 9.97. The van der Waals surface area contributed by atoms with Gasteiger partial charge in [0.05, 0.1) is 30.7 Å². The Balaban J connectivity index is 1.46. The molecule has 1 fully saturated rings. The van der Waals surface area contributed by atoms with E-state index in [1.54, 1.807) is 13.3 Å². The van der Waals surface area contributed by atoms with Crippen LogP contribution in [-0.4, -0.2) is 42.2 Å². The summed E-state index contributed by atoms with van der Waals surface area (Å²) in [4.78, 5) is 17.9. The zero-order valence-electron chi connectivity index (χ0n) is 17.0. The van der Waals surface area contributed by atoms with Gasteiger partial charge in [-0.25, -0.2) is 4.98 Å². The molecule has 4 heterocycles. The number of pyridine rings is 1. The summed E-state index contributed by atoms with van der Waals surface area (Å²) in [5.41, 5.74) is 4.06. The van der Waals surface area contributed by atoms with Gasteiger partial charge >= 0.3 is 0 Å². The molecule has 1 amide bonds. The summed E-state index contributed by atoms with van der Waals surface area (Å²) in [6.07, 6.45) is 7.68. The normalized spacial score (nSPS) is 16.7. The molecule has 0 unspecified atom stereocenters. The third-order valence-electron chi connectivity index (χ3n) is 5.86. The first-order chi connectivity index (χ1) is 14.7. The standard InChI is InChI=1S/C23H25N3O4/c1-28-20-12-21-24-19(15-7-10-29-11-8-15)14-26(21)13-17(20)23(27)25-18-6-2-4-16-5-3-9-30-22(16)18/h2,4,6,12-15H,3,5,7-11H2,1H3,(H,25,27). The number of aromatic nitrogens is 2. The van der Waals surface area contributed by atoms with Crippen LogP contribution in [0.25, 0.3) is 5.65 Å². The number of ether oxygens (including phenoxy) is 3. The summed E-state index contributed by atoms with van der Waals surface area (Å²) in [5.74, 6) is 1.41. The van der Waals surface area contributed by atoms with E-state index >= 15 is 0 Å². The Bertz CT molecular complexity index is 1090. The van der Waals surface area contributed by atoms with Gasteiger partial charge in [-0.05, 0) is 37.3 Å². The van der Waals surface area contributed by atoms with Crippen molar-refractivity contribution in [3.63, 3.8) is 0 Å². The van der Waals surface area contributed by atoms with Gasteiger partial charge in [0.1, 0.15) is 17.1 Å². The van der Waals surface area contributed by atoms with Crippen molar-refractivity contribution >= 4 is 17.2 Å². The van der Waals surface area contributed by atoms with Crippen molar-refractivity contribution < 1.29 is 19.0 Å². The maximum Gasteiger partial charge on any atom is 0.261 e. The van der Waals surface area contributed by atoms with Gasteiger partial charge in [-0.15, -0.1) is 0 Å². The van der Waals surface area contributed by atoms with E-state index in [0.717, 1.165) is 61.6 Å². The fourth-order valence-corrected chi connectivity index (χ4v) is 4.24. The van der Waals surface area contributed by atoms with Gasteiger partial charge in [0.15, 0.2) is 0 Å². The molecule has 0 spiro atoms. The Kier molecular flexibility index (Phi) is 5.04. The van der Waals surface area contributed by atoms with E-state index in [9.17, 15) is 4.79 Å². The van der Waals surface area contributed by atoms with Crippen molar-refractivity contribution in [3.8, 4) is 11.5 Å². The van der Waals surface area contributed by atoms with Crippen LogP contribution in [0, 0.1) is 0 Å². The average Bonchev–Trinajstić information content (AvgIpc) is 3.22. The molecule has 1 aromatic carbocycles. The van der Waals surface area contributed by atoms with Crippen LogP contribution in [0.2, 0.25) is 0 Å². The minimum absolute atomic E-state index is 0.238. The van der Waals surface area contributed by atoms with Gasteiger partial charge in [0, 0.05) is 37.6 Å². The maximum absolute atomic E-state index is 13.1. The largest absolute Gasteiger partial charge is 0.496 e. The van der Waals surface area contributed by atoms with Crippen LogP contribution in [0.1, 0.15) is 46.8 Å². The lowest BCUT2D eigenvalue weighted by Gasteiger charge is -2.20. The second-order valence-corrected chi connectivity index (χ2v) is 7.77. The number of nitrogens with one attached hydrogen (secondary N) is 1. The topological polar surface area (TPSA) is 74.1 Å². The summed E-state index contributed by atoms with van der Waals surface area (Å²) >= 11 is 0. The molecule has 0 atom stereocenters. The van der Waals surface area contributed by atoms with Crippen molar-refractivity contribution in [2.75, 3.05) is 32.2 Å². The molecule has 3 aromatic rings. The smallest absolute Gasteiger partial charge is 0.261 e. The minimum Gasteiger partial charge on any atom is -0.496 e. The zero-order chi connectivity index (χ0) is 20.5. The number of aryl methyl sites for hydroxylation is 1. The third-order valence-corrected chi connectivity index (χ3v) is 5.86. The summed E-state index contributed by atoms with van der Waals surface area (Å²) < 4.78 is 18.7. The predicted octanol–water partition coefficient (Wildman–Crippen LogP) is 3.81. The molecule has 0 saturated carbocycles. The monoisotopic (exact) mass is 407 g/mol. The summed E-state index contributed by atoms with van der Waals surface area (Å²) in [7, 11) is 1.57. The molecule has 1 N–H and O–H groups in total. The summed E-state index contributed by atoms with van der Waals surface area (Å²) in [5, 5.41) is 3.00. The van der Waals surface area contributed by atoms with Gasteiger partial charge in [-0.2, -0.15) is 0 Å². The predicted molar refractivity (Wildman–Crippen MR) is 113 cm³/mol. The average molecular weight is 407 g/mol. The second kappa shape index (κ2) is 7.99. The first-order valence-electron chi connectivity index (χ1n) is 10.4. The number of methoxy groups -OCH3 is 1. The van der Waals surface area contributed by atoms with E-state index in [1.165, 1.54) is 0 Å². The van der Waals surface area contributed by atoms with Crippen molar-refractivity contribution in [3.05, 3.63) is 53.5 Å². The van der Waals surface area contributed by atoms with E-state index in [2.05, 4.69) is 5.32 Å². The molecule has 1 saturated heterocycles. The Morgan fingerprint density at radius 2 is 2.10 bits per heavy atom. The molecule has 5 rings (SSSR count). The molecule has 30 heavy (non-hydrogen) atoms. The van der Waals surface area contributed by atoms with Gasteiger partial charge in [-0.3, -0.25) is 4.79 Å². The molecule has 156 valence electrons. The molecule has 0 radical (unpaired) electrons. The molecular weight excluding hydrogens is 382 g/mol. The summed E-state index contributed by atoms with van der Waals surface area (Å²) in [6.45, 7) is 2.19. The van der Waals surface area contributed by atoms with Crippen LogP contribution in [0.15, 0.2) is 36.7 Å². The number of imidazole rings is 1. The highest BCUT2D eigenvalue weighted by Gasteiger charge is 2.22. The summed E-state index contributed by atoms with van der Waals surface area (Å²) in [6, 6.07) is 7.67. The number of rotatable bonds is 4. The van der Waals surface area contributed by atoms with E-state index in [-0.39, 0.29) is 5.91 Å². The minimum atomic E-state index is -0.238. The SMILES string of the molecule is COc1cc2nc(C3CCOCC3)cn2cc1C(=O)Nc1cccc2c1OCCC2. The Hall–Kier alpha value is -3.06. The van der Waals surface area contributed by atoms with Crippen molar-refractivity contribution in [2.45, 2.75) is 31.6 Å². The van der Waals surface area contributed by atoms with Crippen LogP contribution < -0.4 is 14.8 Å². The Morgan fingerprint density at radius 3 is 2.93 bits per heavy atom. The molecule has 0 bridgehead atoms. The molecule has 0 aliphatic carbocycles. The first kappa shape index (κ1) is 18.9. The maximum atomic E-state index is 13.1. The fraction of sp³-hybridized carbons (Fsp3) is 0.391. The second-order valence-electron chi connectivity index (χ2n) is 7.77. The highest BCUT2D eigenvalue weighted by molar-refractivity contribution is 6.07. The van der Waals surface area contributed by atoms with Crippen LogP contribution >= 0.6 is 0 Å². The van der Waals surface area contributed by atoms with Crippen LogP contribution in [0.3, 0.4) is 0 Å². The lowest BCUT2D eigenvalue weighted by molar-refractivity contribution is 0.0846. The highest BCUT2D eigenvalue weighted by atomic mass is 16.5. The highest BCUT2D eigenvalue weighted by Crippen LogP contribution is 2.34. The molecule has 2 aromatic heterocycles. The van der Waals surface area contributed by atoms with Crippen molar-refractivity contribution in [1.82, 2.24) is 9.38 Å². The van der Waals surface area contributed by atoms with E-state index < -0.39 is 0 Å². The molecular formula is C23H25N3O4. The number of anilines is 1. The molecule has 7 heteroatoms. The zero-order valence-corrected chi connectivity index (χ0v) is 17.0. The number of benzene rings is 1. The van der Waals surface area contributed by atoms with Gasteiger partial charge in [0.25, 0.3) is 5.91 Å². The number of nitrogens with zero attached hydrogens (tertiary/aromatic N) is 2. The molecule has 2 aliphatic heterocycles. The number of hydrogen-bond acceptors (Lipinski definition) is 5. The van der Waals surface area contributed by atoms with E-state index in [0.29, 0.717) is 29.5 Å². The van der Waals surface area contributed by atoms with Gasteiger partial charge < -0.3 is 23.9 Å². The van der Waals surface area contributed by atoms with Crippen molar-refractivity contribution in [1.29, 1.82) is 0 Å². The first-order valence-corrected chi connectivity index (χ1v) is 10.4.